The molecule has 0 bridgehead atoms. The van der Waals surface area contributed by atoms with Crippen LogP contribution in [-0.4, -0.2) is 55.0 Å². The monoisotopic (exact) mass is 340 g/mol. The van der Waals surface area contributed by atoms with E-state index in [1.807, 2.05) is 20.8 Å². The van der Waals surface area contributed by atoms with Crippen LogP contribution in [0.25, 0.3) is 0 Å². The molecule has 1 aliphatic carbocycles. The second kappa shape index (κ2) is 7.61. The van der Waals surface area contributed by atoms with Gasteiger partial charge in [-0.05, 0) is 51.9 Å². The van der Waals surface area contributed by atoms with Crippen molar-refractivity contribution in [1.82, 2.24) is 10.2 Å². The Morgan fingerprint density at radius 3 is 2.50 bits per heavy atom. The Morgan fingerprint density at radius 2 is 1.88 bits per heavy atom. The summed E-state index contributed by atoms with van der Waals surface area (Å²) < 4.78 is 11.1. The zero-order chi connectivity index (χ0) is 18.0. The lowest BCUT2D eigenvalue weighted by Crippen LogP contribution is -2.46. The Kier molecular flexibility index (Phi) is 6.19. The maximum atomic E-state index is 12.3. The van der Waals surface area contributed by atoms with Gasteiger partial charge in [-0.3, -0.25) is 0 Å². The van der Waals surface area contributed by atoms with Crippen molar-refractivity contribution in [2.24, 2.45) is 5.41 Å². The van der Waals surface area contributed by atoms with E-state index in [0.29, 0.717) is 24.5 Å². The molecule has 1 aliphatic heterocycles. The summed E-state index contributed by atoms with van der Waals surface area (Å²) in [5, 5.41) is 3.77. The molecule has 0 aromatic carbocycles. The Hall–Kier alpha value is -0.810. The molecular weight excluding hydrogens is 304 g/mol. The van der Waals surface area contributed by atoms with Crippen molar-refractivity contribution in [2.45, 2.75) is 90.5 Å². The first-order chi connectivity index (χ1) is 11.1. The van der Waals surface area contributed by atoms with Crippen LogP contribution in [0.2, 0.25) is 0 Å². The highest BCUT2D eigenvalue weighted by Gasteiger charge is 2.38. The van der Waals surface area contributed by atoms with Crippen molar-refractivity contribution in [3.63, 3.8) is 0 Å². The topological polar surface area (TPSA) is 50.8 Å². The molecule has 5 heteroatoms. The number of nitrogens with zero attached hydrogens (tertiary/aromatic N) is 1. The minimum atomic E-state index is -0.460. The van der Waals surface area contributed by atoms with E-state index < -0.39 is 5.60 Å². The second-order valence-corrected chi connectivity index (χ2v) is 9.22. The van der Waals surface area contributed by atoms with Gasteiger partial charge >= 0.3 is 6.09 Å². The fourth-order valence-corrected chi connectivity index (χ4v) is 3.78. The van der Waals surface area contributed by atoms with Crippen LogP contribution >= 0.6 is 0 Å². The molecule has 1 N–H and O–H groups in total. The second-order valence-electron chi connectivity index (χ2n) is 9.22. The normalized spacial score (nSPS) is 30.9. The average Bonchev–Trinajstić information content (AvgIpc) is 2.77. The molecule has 0 aromatic rings. The first kappa shape index (κ1) is 19.5. The smallest absolute Gasteiger partial charge is 0.410 e. The zero-order valence-corrected chi connectivity index (χ0v) is 16.4. The summed E-state index contributed by atoms with van der Waals surface area (Å²) >= 11 is 0. The minimum Gasteiger partial charge on any atom is -0.444 e. The molecule has 140 valence electrons. The van der Waals surface area contributed by atoms with Crippen LogP contribution < -0.4 is 5.32 Å². The van der Waals surface area contributed by atoms with Crippen LogP contribution in [-0.2, 0) is 9.47 Å². The summed E-state index contributed by atoms with van der Waals surface area (Å²) in [6, 6.07) is 0.710. The quantitative estimate of drug-likeness (QED) is 0.798. The zero-order valence-electron chi connectivity index (χ0n) is 16.4. The summed E-state index contributed by atoms with van der Waals surface area (Å²) in [6.45, 7) is 11.7. The molecule has 2 unspecified atom stereocenters. The van der Waals surface area contributed by atoms with Gasteiger partial charge in [0.15, 0.2) is 0 Å². The van der Waals surface area contributed by atoms with Crippen LogP contribution in [0.15, 0.2) is 0 Å². The van der Waals surface area contributed by atoms with Crippen molar-refractivity contribution in [3.05, 3.63) is 0 Å². The lowest BCUT2D eigenvalue weighted by molar-refractivity contribution is 0.0252. The van der Waals surface area contributed by atoms with Gasteiger partial charge in [0.2, 0.25) is 0 Å². The Morgan fingerprint density at radius 1 is 1.17 bits per heavy atom. The number of likely N-dealkylation sites (tertiary alicyclic amines) is 1. The summed E-state index contributed by atoms with van der Waals surface area (Å²) in [4.78, 5) is 14.1. The summed E-state index contributed by atoms with van der Waals surface area (Å²) in [7, 11) is 1.73. The number of nitrogens with one attached hydrogen (secondary N) is 1. The first-order valence-electron chi connectivity index (χ1n) is 9.36. The highest BCUT2D eigenvalue weighted by Crippen LogP contribution is 2.34. The van der Waals surface area contributed by atoms with Gasteiger partial charge in [0.05, 0.1) is 18.7 Å². The number of carbonyl (C=O) groups is 1. The van der Waals surface area contributed by atoms with Gasteiger partial charge in [-0.1, -0.05) is 20.3 Å². The number of rotatable bonds is 3. The van der Waals surface area contributed by atoms with Gasteiger partial charge < -0.3 is 19.7 Å². The van der Waals surface area contributed by atoms with E-state index in [2.05, 4.69) is 19.2 Å². The summed E-state index contributed by atoms with van der Waals surface area (Å²) in [6.07, 6.45) is 6.03. The van der Waals surface area contributed by atoms with E-state index in [1.54, 1.807) is 12.0 Å². The molecule has 2 rings (SSSR count). The van der Waals surface area contributed by atoms with E-state index in [-0.39, 0.29) is 18.2 Å². The first-order valence-corrected chi connectivity index (χ1v) is 9.36. The molecule has 0 spiro atoms. The van der Waals surface area contributed by atoms with E-state index in [4.69, 9.17) is 9.47 Å². The summed E-state index contributed by atoms with van der Waals surface area (Å²) in [5.74, 6) is 0. The Bertz CT molecular complexity index is 431. The largest absolute Gasteiger partial charge is 0.444 e. The summed E-state index contributed by atoms with van der Waals surface area (Å²) in [5.41, 5.74) is -0.00660. The van der Waals surface area contributed by atoms with Crippen molar-refractivity contribution in [3.8, 4) is 0 Å². The molecule has 0 aromatic heterocycles. The molecule has 1 amide bonds. The maximum Gasteiger partial charge on any atom is 0.410 e. The predicted octanol–water partition coefficient (Wildman–Crippen LogP) is 3.57. The van der Waals surface area contributed by atoms with Gasteiger partial charge in [0, 0.05) is 19.7 Å². The fraction of sp³-hybridized carbons (Fsp3) is 0.947. The molecule has 2 aliphatic rings. The van der Waals surface area contributed by atoms with Crippen molar-refractivity contribution < 1.29 is 14.3 Å². The number of methoxy groups -OCH3 is 1. The third-order valence-electron chi connectivity index (χ3n) is 5.25. The van der Waals surface area contributed by atoms with Crippen molar-refractivity contribution >= 4 is 6.09 Å². The van der Waals surface area contributed by atoms with E-state index >= 15 is 0 Å². The lowest BCUT2D eigenvalue weighted by atomic mass is 9.85. The lowest BCUT2D eigenvalue weighted by Gasteiger charge is -2.26. The standard InChI is InChI=1S/C19H36N2O3/c1-18(2,3)24-17(22)21-12-15(16(13-21)23-6)20-14-8-7-10-19(4,5)11-9-14/h14-16,20H,7-13H2,1-6H3/t14?,15?,16-/m0/s1. The average molecular weight is 341 g/mol. The third kappa shape index (κ3) is 5.62. The van der Waals surface area contributed by atoms with Crippen molar-refractivity contribution in [2.75, 3.05) is 20.2 Å². The number of hydrogen-bond acceptors (Lipinski definition) is 4. The number of ether oxygens (including phenoxy) is 2. The van der Waals surface area contributed by atoms with Crippen LogP contribution in [0, 0.1) is 5.41 Å². The Balaban J connectivity index is 1.91. The van der Waals surface area contributed by atoms with E-state index in [0.717, 1.165) is 0 Å². The van der Waals surface area contributed by atoms with Crippen LogP contribution in [0.3, 0.4) is 0 Å². The van der Waals surface area contributed by atoms with Crippen LogP contribution in [0.4, 0.5) is 4.79 Å². The third-order valence-corrected chi connectivity index (χ3v) is 5.25. The molecule has 2 fully saturated rings. The van der Waals surface area contributed by atoms with Gasteiger partial charge in [0.25, 0.3) is 0 Å². The Labute approximate surface area is 147 Å². The maximum absolute atomic E-state index is 12.3. The fourth-order valence-electron chi connectivity index (χ4n) is 3.78. The van der Waals surface area contributed by atoms with Gasteiger partial charge in [-0.25, -0.2) is 4.79 Å². The molecular formula is C19H36N2O3. The molecule has 1 saturated heterocycles. The van der Waals surface area contributed by atoms with E-state index in [1.165, 1.54) is 32.1 Å². The highest BCUT2D eigenvalue weighted by molar-refractivity contribution is 5.68. The predicted molar refractivity (Wildman–Crippen MR) is 96.2 cm³/mol. The molecule has 24 heavy (non-hydrogen) atoms. The van der Waals surface area contributed by atoms with E-state index in [9.17, 15) is 4.79 Å². The number of carbonyl (C=O) groups excluding carboxylic acids is 1. The van der Waals surface area contributed by atoms with Crippen LogP contribution in [0.5, 0.6) is 0 Å². The van der Waals surface area contributed by atoms with Gasteiger partial charge in [0.1, 0.15) is 5.60 Å². The van der Waals surface area contributed by atoms with Crippen molar-refractivity contribution in [1.29, 1.82) is 0 Å². The highest BCUT2D eigenvalue weighted by atomic mass is 16.6. The molecule has 1 saturated carbocycles. The van der Waals surface area contributed by atoms with Crippen LogP contribution in [0.1, 0.15) is 66.7 Å². The molecule has 3 atom stereocenters. The molecule has 5 nitrogen and oxygen atoms in total. The van der Waals surface area contributed by atoms with Gasteiger partial charge in [-0.15, -0.1) is 0 Å². The number of amides is 1. The molecule has 1 heterocycles. The molecule has 0 radical (unpaired) electrons. The SMILES string of the molecule is CO[C@H]1CN(C(=O)OC(C)(C)C)CC1NC1CCCC(C)(C)CC1. The van der Waals surface area contributed by atoms with Gasteiger partial charge in [-0.2, -0.15) is 0 Å². The minimum absolute atomic E-state index is 0.0359. The number of hydrogen-bond donors (Lipinski definition) is 1.